The zero-order valence-electron chi connectivity index (χ0n) is 10.8. The van der Waals surface area contributed by atoms with Crippen molar-refractivity contribution in [2.45, 2.75) is 19.1 Å². The standard InChI is InChI=1S/C11H26NO4/c1-5-12(2,3)6-10(13)8-16-9-11(14)7-15-4/h10-11,13-14H,5-9H2,1-4H3/q+1. The quantitative estimate of drug-likeness (QED) is 0.528. The minimum atomic E-state index is -0.620. The first-order valence-corrected chi connectivity index (χ1v) is 5.66. The summed E-state index contributed by atoms with van der Waals surface area (Å²) >= 11 is 0. The van der Waals surface area contributed by atoms with Crippen molar-refractivity contribution in [1.82, 2.24) is 0 Å². The molecule has 0 heterocycles. The lowest BCUT2D eigenvalue weighted by Gasteiger charge is -2.30. The molecule has 2 unspecified atom stereocenters. The summed E-state index contributed by atoms with van der Waals surface area (Å²) in [6, 6.07) is 0. The highest BCUT2D eigenvalue weighted by Crippen LogP contribution is 2.00. The summed E-state index contributed by atoms with van der Waals surface area (Å²) in [7, 11) is 5.64. The van der Waals surface area contributed by atoms with Gasteiger partial charge in [-0.05, 0) is 6.92 Å². The maximum Gasteiger partial charge on any atom is 0.126 e. The topological polar surface area (TPSA) is 58.9 Å². The van der Waals surface area contributed by atoms with Crippen molar-refractivity contribution < 1.29 is 24.2 Å². The van der Waals surface area contributed by atoms with Crippen LogP contribution in [0.2, 0.25) is 0 Å². The summed E-state index contributed by atoms with van der Waals surface area (Å²) in [4.78, 5) is 0. The molecular formula is C11H26NO4+. The van der Waals surface area contributed by atoms with Crippen LogP contribution in [0.3, 0.4) is 0 Å². The highest BCUT2D eigenvalue weighted by Gasteiger charge is 2.18. The Morgan fingerprint density at radius 2 is 1.62 bits per heavy atom. The lowest BCUT2D eigenvalue weighted by atomic mass is 10.3. The van der Waals surface area contributed by atoms with Crippen molar-refractivity contribution >= 4 is 0 Å². The molecule has 2 N–H and O–H groups in total. The Morgan fingerprint density at radius 1 is 1.06 bits per heavy atom. The molecule has 0 saturated heterocycles. The first-order valence-electron chi connectivity index (χ1n) is 5.66. The number of aliphatic hydroxyl groups excluding tert-OH is 2. The molecule has 0 aromatic carbocycles. The minimum absolute atomic E-state index is 0.199. The van der Waals surface area contributed by atoms with Crippen molar-refractivity contribution in [3.05, 3.63) is 0 Å². The Labute approximate surface area is 98.2 Å². The zero-order valence-corrected chi connectivity index (χ0v) is 10.8. The van der Waals surface area contributed by atoms with Gasteiger partial charge in [0.15, 0.2) is 0 Å². The molecule has 5 heteroatoms. The van der Waals surface area contributed by atoms with Crippen LogP contribution in [0.15, 0.2) is 0 Å². The molecule has 2 atom stereocenters. The number of methoxy groups -OCH3 is 1. The highest BCUT2D eigenvalue weighted by molar-refractivity contribution is 4.55. The van der Waals surface area contributed by atoms with Crippen molar-refractivity contribution in [1.29, 1.82) is 0 Å². The Kier molecular flexibility index (Phi) is 7.87. The molecule has 98 valence electrons. The molecule has 0 bridgehead atoms. The SMILES string of the molecule is CC[N+](C)(C)CC(O)COCC(O)COC. The summed E-state index contributed by atoms with van der Waals surface area (Å²) in [6.07, 6.45) is -1.12. The zero-order chi connectivity index (χ0) is 12.6. The fraction of sp³-hybridized carbons (Fsp3) is 1.00. The van der Waals surface area contributed by atoms with Crippen LogP contribution in [0.4, 0.5) is 0 Å². The van der Waals surface area contributed by atoms with Gasteiger partial charge in [0.25, 0.3) is 0 Å². The second-order valence-corrected chi connectivity index (χ2v) is 4.73. The third-order valence-electron chi connectivity index (χ3n) is 2.54. The normalized spacial score (nSPS) is 16.1. The van der Waals surface area contributed by atoms with Crippen LogP contribution in [0.25, 0.3) is 0 Å². The molecule has 0 amide bonds. The molecule has 0 aliphatic carbocycles. The van der Waals surface area contributed by atoms with Crippen LogP contribution in [0.1, 0.15) is 6.92 Å². The maximum atomic E-state index is 9.71. The van der Waals surface area contributed by atoms with Crippen molar-refractivity contribution in [3.63, 3.8) is 0 Å². The van der Waals surface area contributed by atoms with Gasteiger partial charge in [-0.2, -0.15) is 0 Å². The van der Waals surface area contributed by atoms with E-state index in [1.807, 2.05) is 0 Å². The third-order valence-corrected chi connectivity index (χ3v) is 2.54. The molecule has 0 radical (unpaired) electrons. The summed E-state index contributed by atoms with van der Waals surface area (Å²) in [6.45, 7) is 4.40. The second-order valence-electron chi connectivity index (χ2n) is 4.73. The first-order chi connectivity index (χ1) is 7.41. The van der Waals surface area contributed by atoms with Crippen LogP contribution >= 0.6 is 0 Å². The molecule has 0 aliphatic rings. The van der Waals surface area contributed by atoms with Gasteiger partial charge in [0.05, 0.1) is 40.5 Å². The number of nitrogens with zero attached hydrogens (tertiary/aromatic N) is 1. The minimum Gasteiger partial charge on any atom is -0.388 e. The van der Waals surface area contributed by atoms with Crippen LogP contribution < -0.4 is 0 Å². The van der Waals surface area contributed by atoms with Gasteiger partial charge in [0, 0.05) is 7.11 Å². The third kappa shape index (κ3) is 8.01. The van der Waals surface area contributed by atoms with Crippen molar-refractivity contribution in [3.8, 4) is 0 Å². The number of ether oxygens (including phenoxy) is 2. The summed E-state index contributed by atoms with van der Waals surface area (Å²) < 4.78 is 10.7. The van der Waals surface area contributed by atoms with Gasteiger partial charge in [-0.25, -0.2) is 0 Å². The molecule has 0 spiro atoms. The average molecular weight is 236 g/mol. The van der Waals surface area contributed by atoms with Crippen LogP contribution in [0, 0.1) is 0 Å². The smallest absolute Gasteiger partial charge is 0.126 e. The monoisotopic (exact) mass is 236 g/mol. The maximum absolute atomic E-state index is 9.71. The molecule has 0 aromatic rings. The number of hydrogen-bond donors (Lipinski definition) is 2. The van der Waals surface area contributed by atoms with Crippen molar-refractivity contribution in [2.75, 3.05) is 54.1 Å². The lowest BCUT2D eigenvalue weighted by Crippen LogP contribution is -2.46. The molecule has 16 heavy (non-hydrogen) atoms. The van der Waals surface area contributed by atoms with E-state index >= 15 is 0 Å². The van der Waals surface area contributed by atoms with Crippen LogP contribution in [-0.2, 0) is 9.47 Å². The van der Waals surface area contributed by atoms with E-state index in [1.165, 1.54) is 7.11 Å². The van der Waals surface area contributed by atoms with Gasteiger partial charge < -0.3 is 24.2 Å². The van der Waals surface area contributed by atoms with Gasteiger partial charge in [-0.15, -0.1) is 0 Å². The largest absolute Gasteiger partial charge is 0.388 e. The van der Waals surface area contributed by atoms with E-state index in [0.717, 1.165) is 11.0 Å². The summed E-state index contributed by atoms with van der Waals surface area (Å²) in [5, 5.41) is 19.0. The summed E-state index contributed by atoms with van der Waals surface area (Å²) in [5.41, 5.74) is 0. The highest BCUT2D eigenvalue weighted by atomic mass is 16.5. The number of likely N-dealkylation sites (N-methyl/N-ethyl adjacent to an activating group) is 1. The van der Waals surface area contributed by atoms with E-state index in [1.54, 1.807) is 0 Å². The number of hydrogen-bond acceptors (Lipinski definition) is 4. The Morgan fingerprint density at radius 3 is 2.12 bits per heavy atom. The summed E-state index contributed by atoms with van der Waals surface area (Å²) in [5.74, 6) is 0. The van der Waals surface area contributed by atoms with Gasteiger partial charge >= 0.3 is 0 Å². The fourth-order valence-electron chi connectivity index (χ4n) is 1.33. The molecule has 0 rings (SSSR count). The molecule has 5 nitrogen and oxygen atoms in total. The van der Waals surface area contributed by atoms with E-state index in [9.17, 15) is 10.2 Å². The molecule has 0 aromatic heterocycles. The molecule has 0 aliphatic heterocycles. The Bertz CT molecular complexity index is 175. The van der Waals surface area contributed by atoms with E-state index < -0.39 is 12.2 Å². The number of quaternary nitrogens is 1. The first kappa shape index (κ1) is 15.8. The van der Waals surface area contributed by atoms with Gasteiger partial charge in [-0.1, -0.05) is 0 Å². The molecule has 0 saturated carbocycles. The lowest BCUT2D eigenvalue weighted by molar-refractivity contribution is -0.891. The predicted molar refractivity (Wildman–Crippen MR) is 62.2 cm³/mol. The van der Waals surface area contributed by atoms with Crippen molar-refractivity contribution in [2.24, 2.45) is 0 Å². The van der Waals surface area contributed by atoms with Crippen LogP contribution in [-0.4, -0.2) is 81.0 Å². The molecular weight excluding hydrogens is 210 g/mol. The molecule has 0 fully saturated rings. The van der Waals surface area contributed by atoms with Gasteiger partial charge in [0.2, 0.25) is 0 Å². The predicted octanol–water partition coefficient (Wildman–Crippen LogP) is -0.532. The second kappa shape index (κ2) is 7.97. The van der Waals surface area contributed by atoms with Gasteiger partial charge in [0.1, 0.15) is 18.8 Å². The van der Waals surface area contributed by atoms with E-state index in [2.05, 4.69) is 21.0 Å². The van der Waals surface area contributed by atoms with E-state index in [-0.39, 0.29) is 19.8 Å². The van der Waals surface area contributed by atoms with Gasteiger partial charge in [-0.3, -0.25) is 0 Å². The average Bonchev–Trinajstić information content (AvgIpc) is 2.17. The number of aliphatic hydroxyl groups is 2. The Hall–Kier alpha value is -0.200. The fourth-order valence-corrected chi connectivity index (χ4v) is 1.33. The Balaban J connectivity index is 3.61. The van der Waals surface area contributed by atoms with E-state index in [0.29, 0.717) is 6.54 Å². The van der Waals surface area contributed by atoms with Crippen LogP contribution in [0.5, 0.6) is 0 Å². The number of rotatable bonds is 9. The van der Waals surface area contributed by atoms with E-state index in [4.69, 9.17) is 9.47 Å².